The lowest BCUT2D eigenvalue weighted by molar-refractivity contribution is -0.139. The molecule has 0 aliphatic heterocycles. The first-order chi connectivity index (χ1) is 14.9. The number of methoxy groups -OCH3 is 1. The minimum absolute atomic E-state index is 0.0544. The van der Waals surface area contributed by atoms with Gasteiger partial charge in [0, 0.05) is 22.5 Å². The quantitative estimate of drug-likeness (QED) is 0.468. The standard InChI is InChI=1S/C24H31ClN2O3S/c1-5-17(3)26-24(29)22(6-2)27(15-18-8-7-9-20(14-18)30-4)23(28)16-31-21-12-10-19(25)11-13-21/h7-14,17,22H,5-6,15-16H2,1-4H3,(H,26,29). The van der Waals surface area contributed by atoms with Crippen LogP contribution in [0.3, 0.4) is 0 Å². The lowest BCUT2D eigenvalue weighted by Gasteiger charge is -2.31. The Bertz CT molecular complexity index is 860. The topological polar surface area (TPSA) is 58.6 Å². The summed E-state index contributed by atoms with van der Waals surface area (Å²) in [5.41, 5.74) is 0.916. The van der Waals surface area contributed by atoms with Crippen molar-refractivity contribution in [1.29, 1.82) is 0 Å². The van der Waals surface area contributed by atoms with Gasteiger partial charge in [-0.2, -0.15) is 0 Å². The first kappa shape index (κ1) is 25.1. The summed E-state index contributed by atoms with van der Waals surface area (Å²) in [7, 11) is 1.61. The van der Waals surface area contributed by atoms with E-state index in [1.807, 2.05) is 57.2 Å². The Hall–Kier alpha value is -2.18. The molecule has 2 amide bonds. The molecule has 2 atom stereocenters. The minimum atomic E-state index is -0.543. The van der Waals surface area contributed by atoms with Crippen molar-refractivity contribution < 1.29 is 14.3 Å². The number of carbonyl (C=O) groups is 2. The van der Waals surface area contributed by atoms with E-state index in [0.717, 1.165) is 22.6 Å². The molecule has 2 aromatic carbocycles. The number of hydrogen-bond donors (Lipinski definition) is 1. The average Bonchev–Trinajstić information content (AvgIpc) is 2.78. The molecule has 7 heteroatoms. The van der Waals surface area contributed by atoms with E-state index in [2.05, 4.69) is 5.32 Å². The molecule has 0 radical (unpaired) electrons. The van der Waals surface area contributed by atoms with Crippen LogP contribution in [0.2, 0.25) is 5.02 Å². The molecule has 0 aliphatic carbocycles. The summed E-state index contributed by atoms with van der Waals surface area (Å²) >= 11 is 7.38. The van der Waals surface area contributed by atoms with Crippen LogP contribution >= 0.6 is 23.4 Å². The molecule has 5 nitrogen and oxygen atoms in total. The van der Waals surface area contributed by atoms with Crippen molar-refractivity contribution in [1.82, 2.24) is 10.2 Å². The van der Waals surface area contributed by atoms with E-state index in [0.29, 0.717) is 18.0 Å². The summed E-state index contributed by atoms with van der Waals surface area (Å²) < 4.78 is 5.32. The number of halogens is 1. The largest absolute Gasteiger partial charge is 0.497 e. The van der Waals surface area contributed by atoms with Crippen molar-refractivity contribution in [2.24, 2.45) is 0 Å². The predicted octanol–water partition coefficient (Wildman–Crippen LogP) is 5.16. The van der Waals surface area contributed by atoms with Crippen LogP contribution in [0.1, 0.15) is 39.2 Å². The van der Waals surface area contributed by atoms with Crippen molar-refractivity contribution in [3.05, 3.63) is 59.1 Å². The molecule has 2 aromatic rings. The summed E-state index contributed by atoms with van der Waals surface area (Å²) in [5.74, 6) is 0.745. The highest BCUT2D eigenvalue weighted by Gasteiger charge is 2.29. The molecule has 0 saturated heterocycles. The summed E-state index contributed by atoms with van der Waals surface area (Å²) in [5, 5.41) is 3.68. The van der Waals surface area contributed by atoms with Gasteiger partial charge >= 0.3 is 0 Å². The molecule has 0 fully saturated rings. The molecule has 0 aromatic heterocycles. The number of nitrogens with one attached hydrogen (secondary N) is 1. The van der Waals surface area contributed by atoms with E-state index in [1.165, 1.54) is 11.8 Å². The molecule has 1 N–H and O–H groups in total. The number of benzene rings is 2. The van der Waals surface area contributed by atoms with Gasteiger partial charge in [-0.3, -0.25) is 9.59 Å². The maximum Gasteiger partial charge on any atom is 0.243 e. The lowest BCUT2D eigenvalue weighted by atomic mass is 10.1. The van der Waals surface area contributed by atoms with Crippen molar-refractivity contribution in [2.45, 2.75) is 57.1 Å². The normalized spacial score (nSPS) is 12.7. The zero-order valence-electron chi connectivity index (χ0n) is 18.6. The van der Waals surface area contributed by atoms with E-state index in [4.69, 9.17) is 16.3 Å². The minimum Gasteiger partial charge on any atom is -0.497 e. The number of carbonyl (C=O) groups excluding carboxylic acids is 2. The average molecular weight is 463 g/mol. The van der Waals surface area contributed by atoms with Gasteiger partial charge in [0.15, 0.2) is 0 Å². The SMILES string of the molecule is CCC(C)NC(=O)C(CC)N(Cc1cccc(OC)c1)C(=O)CSc1ccc(Cl)cc1. The van der Waals surface area contributed by atoms with Crippen molar-refractivity contribution in [2.75, 3.05) is 12.9 Å². The zero-order valence-corrected chi connectivity index (χ0v) is 20.1. The molecule has 0 aliphatic rings. The maximum atomic E-state index is 13.3. The molecule has 2 rings (SSSR count). The molecule has 0 spiro atoms. The Balaban J connectivity index is 2.22. The fourth-order valence-electron chi connectivity index (χ4n) is 3.09. The third kappa shape index (κ3) is 7.78. The fourth-order valence-corrected chi connectivity index (χ4v) is 4.00. The molecular weight excluding hydrogens is 432 g/mol. The van der Waals surface area contributed by atoms with Gasteiger partial charge in [-0.15, -0.1) is 11.8 Å². The Labute approximate surface area is 194 Å². The highest BCUT2D eigenvalue weighted by molar-refractivity contribution is 8.00. The Morgan fingerprint density at radius 2 is 1.84 bits per heavy atom. The molecular formula is C24H31ClN2O3S. The third-order valence-electron chi connectivity index (χ3n) is 5.05. The van der Waals surface area contributed by atoms with Crippen LogP contribution in [-0.2, 0) is 16.1 Å². The van der Waals surface area contributed by atoms with Gasteiger partial charge in [-0.05, 0) is 61.7 Å². The number of thioether (sulfide) groups is 1. The second-order valence-corrected chi connectivity index (χ2v) is 8.84. The van der Waals surface area contributed by atoms with E-state index in [9.17, 15) is 9.59 Å². The highest BCUT2D eigenvalue weighted by Crippen LogP contribution is 2.23. The highest BCUT2D eigenvalue weighted by atomic mass is 35.5. The second-order valence-electron chi connectivity index (χ2n) is 7.36. The third-order valence-corrected chi connectivity index (χ3v) is 6.30. The summed E-state index contributed by atoms with van der Waals surface area (Å²) in [6.07, 6.45) is 1.36. The van der Waals surface area contributed by atoms with Gasteiger partial charge in [-0.25, -0.2) is 0 Å². The van der Waals surface area contributed by atoms with Gasteiger partial charge in [0.2, 0.25) is 11.8 Å². The molecule has 31 heavy (non-hydrogen) atoms. The lowest BCUT2D eigenvalue weighted by Crippen LogP contribution is -2.51. The maximum absolute atomic E-state index is 13.3. The van der Waals surface area contributed by atoms with Gasteiger partial charge in [0.25, 0.3) is 0 Å². The van der Waals surface area contributed by atoms with Crippen molar-refractivity contribution >= 4 is 35.2 Å². The van der Waals surface area contributed by atoms with Crippen LogP contribution in [0.4, 0.5) is 0 Å². The van der Waals surface area contributed by atoms with E-state index >= 15 is 0 Å². The number of hydrogen-bond acceptors (Lipinski definition) is 4. The molecule has 2 unspecified atom stereocenters. The van der Waals surface area contributed by atoms with E-state index in [-0.39, 0.29) is 23.6 Å². The zero-order chi connectivity index (χ0) is 22.8. The number of ether oxygens (including phenoxy) is 1. The summed E-state index contributed by atoms with van der Waals surface area (Å²) in [6, 6.07) is 14.5. The molecule has 168 valence electrons. The smallest absolute Gasteiger partial charge is 0.243 e. The molecule has 0 saturated carbocycles. The number of nitrogens with zero attached hydrogens (tertiary/aromatic N) is 1. The van der Waals surface area contributed by atoms with E-state index in [1.54, 1.807) is 24.1 Å². The van der Waals surface area contributed by atoms with Gasteiger partial charge in [0.05, 0.1) is 12.9 Å². The van der Waals surface area contributed by atoms with Gasteiger partial charge < -0.3 is 15.0 Å². The van der Waals surface area contributed by atoms with E-state index < -0.39 is 6.04 Å². The van der Waals surface area contributed by atoms with Crippen molar-refractivity contribution in [3.8, 4) is 5.75 Å². The first-order valence-electron chi connectivity index (χ1n) is 10.5. The second kappa shape index (κ2) is 12.6. The predicted molar refractivity (Wildman–Crippen MR) is 128 cm³/mol. The summed E-state index contributed by atoms with van der Waals surface area (Å²) in [6.45, 7) is 6.26. The first-order valence-corrected chi connectivity index (χ1v) is 11.8. The van der Waals surface area contributed by atoms with Crippen LogP contribution in [0.25, 0.3) is 0 Å². The van der Waals surface area contributed by atoms with Gasteiger partial charge in [0.1, 0.15) is 11.8 Å². The van der Waals surface area contributed by atoms with Crippen LogP contribution < -0.4 is 10.1 Å². The summed E-state index contributed by atoms with van der Waals surface area (Å²) in [4.78, 5) is 28.9. The Kier molecular flexibility index (Phi) is 10.2. The number of rotatable bonds is 11. The van der Waals surface area contributed by atoms with Crippen LogP contribution in [0.15, 0.2) is 53.4 Å². The van der Waals surface area contributed by atoms with Crippen molar-refractivity contribution in [3.63, 3.8) is 0 Å². The Morgan fingerprint density at radius 1 is 1.13 bits per heavy atom. The molecule has 0 heterocycles. The van der Waals surface area contributed by atoms with Crippen LogP contribution in [0, 0.1) is 0 Å². The fraction of sp³-hybridized carbons (Fsp3) is 0.417. The molecule has 0 bridgehead atoms. The Morgan fingerprint density at radius 3 is 2.45 bits per heavy atom. The van der Waals surface area contributed by atoms with Gasteiger partial charge in [-0.1, -0.05) is 37.6 Å². The monoisotopic (exact) mass is 462 g/mol. The van der Waals surface area contributed by atoms with Crippen LogP contribution in [-0.4, -0.2) is 41.7 Å². The van der Waals surface area contributed by atoms with Crippen LogP contribution in [0.5, 0.6) is 5.75 Å². The number of amides is 2.